The van der Waals surface area contributed by atoms with Gasteiger partial charge in [0, 0.05) is 25.7 Å². The highest BCUT2D eigenvalue weighted by atomic mass is 16.5. The fraction of sp³-hybridized carbons (Fsp3) is 0.611. The second-order valence-corrected chi connectivity index (χ2v) is 7.18. The Morgan fingerprint density at radius 1 is 1.14 bits per heavy atom. The Balaban J connectivity index is 1.62. The van der Waals surface area contributed by atoms with Crippen molar-refractivity contribution in [3.63, 3.8) is 0 Å². The zero-order valence-electron chi connectivity index (χ0n) is 13.3. The number of nitrogens with zero attached hydrogens (tertiary/aromatic N) is 1. The molecule has 0 amide bonds. The van der Waals surface area contributed by atoms with Crippen molar-refractivity contribution in [3.05, 3.63) is 35.9 Å². The van der Waals surface area contributed by atoms with Gasteiger partial charge in [0.1, 0.15) is 6.10 Å². The normalized spacial score (nSPS) is 31.7. The SMILES string of the molecule is CC(C(=O)OC1C[C@H]2CC[C@@H](C1)[N+]2(C)C)c1ccccc1. The molecule has 3 rings (SSSR count). The van der Waals surface area contributed by atoms with Crippen LogP contribution in [0.25, 0.3) is 0 Å². The van der Waals surface area contributed by atoms with E-state index in [0.29, 0.717) is 12.1 Å². The van der Waals surface area contributed by atoms with Crippen LogP contribution >= 0.6 is 0 Å². The molecule has 3 nitrogen and oxygen atoms in total. The van der Waals surface area contributed by atoms with Crippen LogP contribution in [0.5, 0.6) is 0 Å². The Morgan fingerprint density at radius 2 is 1.71 bits per heavy atom. The van der Waals surface area contributed by atoms with Crippen LogP contribution in [0.2, 0.25) is 0 Å². The zero-order chi connectivity index (χ0) is 15.0. The van der Waals surface area contributed by atoms with Gasteiger partial charge in [-0.25, -0.2) is 0 Å². The third-order valence-corrected chi connectivity index (χ3v) is 5.72. The number of benzene rings is 1. The quantitative estimate of drug-likeness (QED) is 0.631. The van der Waals surface area contributed by atoms with Crippen LogP contribution in [-0.2, 0) is 9.53 Å². The van der Waals surface area contributed by atoms with Gasteiger partial charge in [0.15, 0.2) is 0 Å². The average Bonchev–Trinajstić information content (AvgIpc) is 2.67. The molecule has 0 saturated carbocycles. The highest BCUT2D eigenvalue weighted by Gasteiger charge is 2.50. The molecule has 2 fully saturated rings. The highest BCUT2D eigenvalue weighted by Crippen LogP contribution is 2.40. The average molecular weight is 288 g/mol. The van der Waals surface area contributed by atoms with Crippen molar-refractivity contribution in [3.8, 4) is 0 Å². The van der Waals surface area contributed by atoms with Crippen LogP contribution < -0.4 is 0 Å². The highest BCUT2D eigenvalue weighted by molar-refractivity contribution is 5.77. The summed E-state index contributed by atoms with van der Waals surface area (Å²) in [6, 6.07) is 11.2. The van der Waals surface area contributed by atoms with Gasteiger partial charge in [0.05, 0.1) is 32.1 Å². The van der Waals surface area contributed by atoms with E-state index in [1.54, 1.807) is 0 Å². The van der Waals surface area contributed by atoms with Gasteiger partial charge >= 0.3 is 5.97 Å². The Morgan fingerprint density at radius 3 is 2.29 bits per heavy atom. The summed E-state index contributed by atoms with van der Waals surface area (Å²) in [5.74, 6) is -0.244. The molecular formula is C18H26NO2+. The maximum atomic E-state index is 12.4. The number of carbonyl (C=O) groups is 1. The molecule has 4 atom stereocenters. The largest absolute Gasteiger partial charge is 0.461 e. The third kappa shape index (κ3) is 2.71. The van der Waals surface area contributed by atoms with Crippen LogP contribution in [0.15, 0.2) is 30.3 Å². The number of ether oxygens (including phenoxy) is 1. The van der Waals surface area contributed by atoms with Crippen molar-refractivity contribution in [1.82, 2.24) is 0 Å². The lowest BCUT2D eigenvalue weighted by Gasteiger charge is -2.44. The summed E-state index contributed by atoms with van der Waals surface area (Å²) in [6.45, 7) is 1.94. The molecule has 0 spiro atoms. The molecule has 3 heteroatoms. The maximum Gasteiger partial charge on any atom is 0.313 e. The summed E-state index contributed by atoms with van der Waals surface area (Å²) in [7, 11) is 4.65. The lowest BCUT2D eigenvalue weighted by molar-refractivity contribution is -0.931. The van der Waals surface area contributed by atoms with Gasteiger partial charge in [-0.15, -0.1) is 0 Å². The van der Waals surface area contributed by atoms with Crippen LogP contribution in [0.1, 0.15) is 44.1 Å². The molecule has 2 heterocycles. The number of rotatable bonds is 3. The molecule has 2 saturated heterocycles. The van der Waals surface area contributed by atoms with Crippen molar-refractivity contribution >= 4 is 5.97 Å². The van der Waals surface area contributed by atoms with E-state index in [1.807, 2.05) is 37.3 Å². The molecule has 0 aromatic heterocycles. The topological polar surface area (TPSA) is 26.3 Å². The molecule has 2 aliphatic heterocycles. The predicted molar refractivity (Wildman–Crippen MR) is 82.9 cm³/mol. The summed E-state index contributed by atoms with van der Waals surface area (Å²) in [4.78, 5) is 12.4. The first-order valence-corrected chi connectivity index (χ1v) is 8.07. The Kier molecular flexibility index (Phi) is 3.78. The second-order valence-electron chi connectivity index (χ2n) is 7.18. The first-order valence-electron chi connectivity index (χ1n) is 8.07. The molecule has 2 aliphatic rings. The first kappa shape index (κ1) is 14.6. The third-order valence-electron chi connectivity index (χ3n) is 5.72. The molecule has 1 aromatic rings. The number of esters is 1. The minimum atomic E-state index is -0.173. The molecule has 2 bridgehead atoms. The fourth-order valence-corrected chi connectivity index (χ4v) is 4.07. The van der Waals surface area contributed by atoms with Crippen LogP contribution in [0.4, 0.5) is 0 Å². The molecule has 2 unspecified atom stereocenters. The van der Waals surface area contributed by atoms with E-state index in [4.69, 9.17) is 4.74 Å². The van der Waals surface area contributed by atoms with E-state index in [-0.39, 0.29) is 18.0 Å². The standard InChI is InChI=1S/C18H26NO2/c1-13(14-7-5-4-6-8-14)18(20)21-17-11-15-9-10-16(12-17)19(15,2)3/h4-8,13,15-17H,9-12H2,1-3H3/q+1/t13?,15-,16+,17?. The van der Waals surface area contributed by atoms with Crippen LogP contribution in [-0.4, -0.2) is 42.7 Å². The van der Waals surface area contributed by atoms with Gasteiger partial charge in [-0.3, -0.25) is 4.79 Å². The molecule has 114 valence electrons. The number of quaternary nitrogens is 1. The van der Waals surface area contributed by atoms with Crippen LogP contribution in [0.3, 0.4) is 0 Å². The lowest BCUT2D eigenvalue weighted by atomic mass is 9.97. The van der Waals surface area contributed by atoms with E-state index in [9.17, 15) is 4.79 Å². The van der Waals surface area contributed by atoms with Crippen LogP contribution in [0, 0.1) is 0 Å². The first-order chi connectivity index (χ1) is 9.98. The van der Waals surface area contributed by atoms with E-state index < -0.39 is 0 Å². The summed E-state index contributed by atoms with van der Waals surface area (Å²) in [6.07, 6.45) is 4.72. The predicted octanol–water partition coefficient (Wildman–Crippen LogP) is 3.10. The second kappa shape index (κ2) is 5.45. The molecule has 21 heavy (non-hydrogen) atoms. The van der Waals surface area contributed by atoms with Crippen molar-refractivity contribution in [2.45, 2.75) is 56.7 Å². The Labute approximate surface area is 127 Å². The smallest absolute Gasteiger partial charge is 0.313 e. The maximum absolute atomic E-state index is 12.4. The van der Waals surface area contributed by atoms with E-state index in [2.05, 4.69) is 14.1 Å². The van der Waals surface area contributed by atoms with E-state index in [0.717, 1.165) is 22.9 Å². The Bertz CT molecular complexity index is 495. The molecule has 1 aromatic carbocycles. The van der Waals surface area contributed by atoms with Gasteiger partial charge in [-0.1, -0.05) is 30.3 Å². The van der Waals surface area contributed by atoms with Gasteiger partial charge in [0.25, 0.3) is 0 Å². The molecule has 0 N–H and O–H groups in total. The lowest BCUT2D eigenvalue weighted by Crippen LogP contribution is -2.56. The number of hydrogen-bond acceptors (Lipinski definition) is 2. The number of carbonyl (C=O) groups excluding carboxylic acids is 1. The molecule has 0 radical (unpaired) electrons. The van der Waals surface area contributed by atoms with E-state index >= 15 is 0 Å². The van der Waals surface area contributed by atoms with Gasteiger partial charge < -0.3 is 9.22 Å². The van der Waals surface area contributed by atoms with Crippen molar-refractivity contribution < 1.29 is 14.0 Å². The summed E-state index contributed by atoms with van der Waals surface area (Å²) < 4.78 is 6.95. The number of piperidine rings is 1. The number of hydrogen-bond donors (Lipinski definition) is 0. The van der Waals surface area contributed by atoms with Crippen molar-refractivity contribution in [2.24, 2.45) is 0 Å². The fourth-order valence-electron chi connectivity index (χ4n) is 4.07. The van der Waals surface area contributed by atoms with Crippen molar-refractivity contribution in [2.75, 3.05) is 14.1 Å². The zero-order valence-corrected chi connectivity index (χ0v) is 13.3. The van der Waals surface area contributed by atoms with E-state index in [1.165, 1.54) is 12.8 Å². The monoisotopic (exact) mass is 288 g/mol. The minimum absolute atomic E-state index is 0.0715. The minimum Gasteiger partial charge on any atom is -0.461 e. The number of fused-ring (bicyclic) bond motifs is 2. The molecule has 0 aliphatic carbocycles. The van der Waals surface area contributed by atoms with Gasteiger partial charge in [-0.2, -0.15) is 0 Å². The Hall–Kier alpha value is -1.35. The van der Waals surface area contributed by atoms with Gasteiger partial charge in [-0.05, 0) is 12.5 Å². The summed E-state index contributed by atoms with van der Waals surface area (Å²) >= 11 is 0. The molecular weight excluding hydrogens is 262 g/mol. The van der Waals surface area contributed by atoms with Gasteiger partial charge in [0.2, 0.25) is 0 Å². The summed E-state index contributed by atoms with van der Waals surface area (Å²) in [5.41, 5.74) is 1.04. The van der Waals surface area contributed by atoms with Crippen molar-refractivity contribution in [1.29, 1.82) is 0 Å². The summed E-state index contributed by atoms with van der Waals surface area (Å²) in [5, 5.41) is 0.